The molecule has 5 heteroatoms. The molecular formula is C12H19NO4. The van der Waals surface area contributed by atoms with Crippen molar-refractivity contribution in [2.45, 2.75) is 44.8 Å². The fourth-order valence-electron chi connectivity index (χ4n) is 2.70. The molecule has 1 aliphatic heterocycles. The predicted molar refractivity (Wildman–Crippen MR) is 60.5 cm³/mol. The summed E-state index contributed by atoms with van der Waals surface area (Å²) in [7, 11) is 0. The van der Waals surface area contributed by atoms with Gasteiger partial charge in [-0.1, -0.05) is 12.8 Å². The lowest BCUT2D eigenvalue weighted by Crippen LogP contribution is -2.53. The molecule has 0 bridgehead atoms. The molecule has 0 spiro atoms. The Labute approximate surface area is 101 Å². The molecule has 1 saturated heterocycles. The molecule has 0 aromatic carbocycles. The number of aliphatic carboxylic acids is 1. The first kappa shape index (κ1) is 12.4. The van der Waals surface area contributed by atoms with Gasteiger partial charge in [-0.25, -0.2) is 4.79 Å². The van der Waals surface area contributed by atoms with Crippen molar-refractivity contribution in [3.63, 3.8) is 0 Å². The van der Waals surface area contributed by atoms with Gasteiger partial charge in [-0.2, -0.15) is 0 Å². The fourth-order valence-corrected chi connectivity index (χ4v) is 2.70. The molecule has 17 heavy (non-hydrogen) atoms. The zero-order valence-corrected chi connectivity index (χ0v) is 10.1. The number of hydrogen-bond acceptors (Lipinski definition) is 3. The maximum atomic E-state index is 12.2. The summed E-state index contributed by atoms with van der Waals surface area (Å²) in [4.78, 5) is 24.8. The van der Waals surface area contributed by atoms with Gasteiger partial charge in [0.05, 0.1) is 12.6 Å². The molecule has 1 N–H and O–H groups in total. The molecule has 1 heterocycles. The van der Waals surface area contributed by atoms with E-state index in [0.29, 0.717) is 6.54 Å². The molecule has 1 unspecified atom stereocenters. The van der Waals surface area contributed by atoms with Crippen LogP contribution in [0.4, 0.5) is 0 Å². The Morgan fingerprint density at radius 1 is 1.24 bits per heavy atom. The van der Waals surface area contributed by atoms with Gasteiger partial charge in [-0.05, 0) is 19.8 Å². The lowest BCUT2D eigenvalue weighted by atomic mass is 10.1. The number of amides is 1. The monoisotopic (exact) mass is 241 g/mol. The van der Waals surface area contributed by atoms with Crippen molar-refractivity contribution in [3.8, 4) is 0 Å². The number of nitrogens with zero attached hydrogens (tertiary/aromatic N) is 1. The molecule has 2 fully saturated rings. The van der Waals surface area contributed by atoms with Gasteiger partial charge < -0.3 is 14.7 Å². The van der Waals surface area contributed by atoms with Gasteiger partial charge in [0, 0.05) is 12.5 Å². The highest BCUT2D eigenvalue weighted by atomic mass is 16.5. The molecule has 96 valence electrons. The minimum absolute atomic E-state index is 0.106. The number of hydrogen-bond donors (Lipinski definition) is 1. The summed E-state index contributed by atoms with van der Waals surface area (Å²) < 4.78 is 5.30. The summed E-state index contributed by atoms with van der Waals surface area (Å²) in [5.74, 6) is -0.764. The second-order valence-electron chi connectivity index (χ2n) is 5.00. The van der Waals surface area contributed by atoms with E-state index in [0.717, 1.165) is 25.7 Å². The molecule has 2 aliphatic rings. The minimum Gasteiger partial charge on any atom is -0.479 e. The van der Waals surface area contributed by atoms with Crippen LogP contribution in [0.1, 0.15) is 32.6 Å². The lowest BCUT2D eigenvalue weighted by molar-refractivity contribution is -0.167. The molecule has 5 nitrogen and oxygen atoms in total. The Hall–Kier alpha value is -1.10. The summed E-state index contributed by atoms with van der Waals surface area (Å²) >= 11 is 0. The van der Waals surface area contributed by atoms with Gasteiger partial charge in [0.1, 0.15) is 0 Å². The van der Waals surface area contributed by atoms with Crippen molar-refractivity contribution >= 4 is 11.9 Å². The zero-order valence-electron chi connectivity index (χ0n) is 10.1. The molecule has 0 aromatic heterocycles. The standard InChI is InChI=1S/C12H19NO4/c1-8-6-13(7-10(17-8)12(15)16)11(14)9-4-2-3-5-9/h8-10H,2-7H2,1H3,(H,15,16)/t8-,10?/m1/s1. The summed E-state index contributed by atoms with van der Waals surface area (Å²) in [6, 6.07) is 0. The first-order chi connectivity index (χ1) is 8.08. The van der Waals surface area contributed by atoms with Crippen LogP contribution in [0.3, 0.4) is 0 Å². The van der Waals surface area contributed by atoms with Gasteiger partial charge in [0.25, 0.3) is 0 Å². The molecule has 2 rings (SSSR count). The van der Waals surface area contributed by atoms with E-state index in [2.05, 4.69) is 0 Å². The predicted octanol–water partition coefficient (Wildman–Crippen LogP) is 0.877. The van der Waals surface area contributed by atoms with Crippen molar-refractivity contribution in [1.29, 1.82) is 0 Å². The van der Waals surface area contributed by atoms with Crippen molar-refractivity contribution in [2.24, 2.45) is 5.92 Å². The van der Waals surface area contributed by atoms with E-state index in [-0.39, 0.29) is 24.5 Å². The van der Waals surface area contributed by atoms with E-state index in [4.69, 9.17) is 9.84 Å². The summed E-state index contributed by atoms with van der Waals surface area (Å²) in [5, 5.41) is 8.96. The number of ether oxygens (including phenoxy) is 1. The second-order valence-corrected chi connectivity index (χ2v) is 5.00. The van der Waals surface area contributed by atoms with Crippen LogP contribution in [-0.4, -0.2) is 47.2 Å². The highest BCUT2D eigenvalue weighted by molar-refractivity contribution is 5.80. The maximum Gasteiger partial charge on any atom is 0.334 e. The van der Waals surface area contributed by atoms with Crippen molar-refractivity contribution in [2.75, 3.05) is 13.1 Å². The molecule has 2 atom stereocenters. The van der Waals surface area contributed by atoms with E-state index in [1.54, 1.807) is 4.90 Å². The lowest BCUT2D eigenvalue weighted by Gasteiger charge is -2.36. The van der Waals surface area contributed by atoms with Crippen LogP contribution in [0, 0.1) is 5.92 Å². The normalized spacial score (nSPS) is 30.5. The maximum absolute atomic E-state index is 12.2. The molecule has 1 amide bonds. The van der Waals surface area contributed by atoms with Gasteiger partial charge in [-0.3, -0.25) is 4.79 Å². The molecule has 0 aromatic rings. The highest BCUT2D eigenvalue weighted by Crippen LogP contribution is 2.27. The smallest absolute Gasteiger partial charge is 0.334 e. The Morgan fingerprint density at radius 2 is 1.88 bits per heavy atom. The van der Waals surface area contributed by atoms with Crippen LogP contribution in [-0.2, 0) is 14.3 Å². The SMILES string of the molecule is C[C@@H]1CN(C(=O)C2CCCC2)CC(C(=O)O)O1. The fraction of sp³-hybridized carbons (Fsp3) is 0.833. The summed E-state index contributed by atoms with van der Waals surface area (Å²) in [5.41, 5.74) is 0. The van der Waals surface area contributed by atoms with Crippen molar-refractivity contribution in [3.05, 3.63) is 0 Å². The van der Waals surface area contributed by atoms with Gasteiger partial charge >= 0.3 is 5.97 Å². The van der Waals surface area contributed by atoms with E-state index >= 15 is 0 Å². The van der Waals surface area contributed by atoms with Crippen molar-refractivity contribution < 1.29 is 19.4 Å². The number of carboxylic acid groups (broad SMARTS) is 1. The van der Waals surface area contributed by atoms with Gasteiger partial charge in [-0.15, -0.1) is 0 Å². The summed E-state index contributed by atoms with van der Waals surface area (Å²) in [6.07, 6.45) is 3.04. The average Bonchev–Trinajstić information content (AvgIpc) is 2.80. The average molecular weight is 241 g/mol. The number of rotatable bonds is 2. The molecular weight excluding hydrogens is 222 g/mol. The third-order valence-electron chi connectivity index (χ3n) is 3.55. The zero-order chi connectivity index (χ0) is 12.4. The largest absolute Gasteiger partial charge is 0.479 e. The van der Waals surface area contributed by atoms with E-state index in [9.17, 15) is 9.59 Å². The van der Waals surface area contributed by atoms with Crippen LogP contribution in [0.5, 0.6) is 0 Å². The highest BCUT2D eigenvalue weighted by Gasteiger charge is 2.35. The minimum atomic E-state index is -0.985. The second kappa shape index (κ2) is 5.04. The molecule has 1 saturated carbocycles. The number of carboxylic acids is 1. The van der Waals surface area contributed by atoms with Crippen LogP contribution in [0.2, 0.25) is 0 Å². The Morgan fingerprint density at radius 3 is 2.47 bits per heavy atom. The topological polar surface area (TPSA) is 66.8 Å². The van der Waals surface area contributed by atoms with Crippen LogP contribution >= 0.6 is 0 Å². The Balaban J connectivity index is 1.99. The number of carbonyl (C=O) groups excluding carboxylic acids is 1. The third kappa shape index (κ3) is 2.77. The first-order valence-electron chi connectivity index (χ1n) is 6.25. The molecule has 1 aliphatic carbocycles. The van der Waals surface area contributed by atoms with Crippen molar-refractivity contribution in [1.82, 2.24) is 4.90 Å². The van der Waals surface area contributed by atoms with Crippen LogP contribution < -0.4 is 0 Å². The van der Waals surface area contributed by atoms with E-state index in [1.165, 1.54) is 0 Å². The quantitative estimate of drug-likeness (QED) is 0.779. The number of morpholine rings is 1. The Bertz CT molecular complexity index is 312. The van der Waals surface area contributed by atoms with E-state index < -0.39 is 12.1 Å². The van der Waals surface area contributed by atoms with Gasteiger partial charge in [0.15, 0.2) is 6.10 Å². The Kier molecular flexibility index (Phi) is 3.66. The molecule has 0 radical (unpaired) electrons. The van der Waals surface area contributed by atoms with Crippen LogP contribution in [0.25, 0.3) is 0 Å². The van der Waals surface area contributed by atoms with E-state index in [1.807, 2.05) is 6.92 Å². The van der Waals surface area contributed by atoms with Crippen LogP contribution in [0.15, 0.2) is 0 Å². The number of carbonyl (C=O) groups is 2. The first-order valence-corrected chi connectivity index (χ1v) is 6.25. The summed E-state index contributed by atoms with van der Waals surface area (Å²) in [6.45, 7) is 2.51. The third-order valence-corrected chi connectivity index (χ3v) is 3.55. The van der Waals surface area contributed by atoms with Gasteiger partial charge in [0.2, 0.25) is 5.91 Å².